The van der Waals surface area contributed by atoms with Crippen LogP contribution in [0.3, 0.4) is 0 Å². The standard InChI is InChI=1S/C29H38ClN3O2/c1-18-20(3)33(17-16-32-14-8-9-15-32)28-24(18)26(22-10-12-23(30)13-11-22)25(19(2)31-28)27(21(4)34)35-29(5,6)7/h10-13,27H,8-9,14-17H2,1-7H3/t27-/m1/s1. The number of likely N-dealkylation sites (tertiary alicyclic amines) is 1. The third kappa shape index (κ3) is 5.32. The summed E-state index contributed by atoms with van der Waals surface area (Å²) in [5, 5.41) is 1.78. The number of ketones is 1. The van der Waals surface area contributed by atoms with Gasteiger partial charge in [-0.15, -0.1) is 0 Å². The SMILES string of the molecule is CC(=O)[C@@H](OC(C)(C)C)c1c(C)nc2c(c(C)c(C)n2CCN2CCCC2)c1-c1ccc(Cl)cc1. The van der Waals surface area contributed by atoms with Crippen molar-refractivity contribution in [2.24, 2.45) is 0 Å². The van der Waals surface area contributed by atoms with Crippen LogP contribution in [0.5, 0.6) is 0 Å². The number of carbonyl (C=O) groups excluding carboxylic acids is 1. The maximum atomic E-state index is 13.0. The fourth-order valence-electron chi connectivity index (χ4n) is 5.25. The molecule has 0 aliphatic carbocycles. The number of aryl methyl sites for hydroxylation is 2. The normalized spacial score (nSPS) is 15.8. The van der Waals surface area contributed by atoms with Gasteiger partial charge in [0.15, 0.2) is 5.78 Å². The Hall–Kier alpha value is -2.21. The second kappa shape index (κ2) is 10.0. The molecule has 2 aromatic heterocycles. The summed E-state index contributed by atoms with van der Waals surface area (Å²) in [4.78, 5) is 20.6. The molecular formula is C29H38ClN3O2. The van der Waals surface area contributed by atoms with Gasteiger partial charge < -0.3 is 14.2 Å². The van der Waals surface area contributed by atoms with Crippen molar-refractivity contribution in [2.45, 2.75) is 79.6 Å². The summed E-state index contributed by atoms with van der Waals surface area (Å²) in [6, 6.07) is 7.87. The summed E-state index contributed by atoms with van der Waals surface area (Å²) in [5.41, 5.74) is 6.62. The zero-order chi connectivity index (χ0) is 25.5. The van der Waals surface area contributed by atoms with Crippen molar-refractivity contribution in [3.63, 3.8) is 0 Å². The number of fused-ring (bicyclic) bond motifs is 1. The van der Waals surface area contributed by atoms with Crippen LogP contribution in [-0.4, -0.2) is 45.5 Å². The van der Waals surface area contributed by atoms with Gasteiger partial charge in [-0.25, -0.2) is 4.98 Å². The Bertz CT molecular complexity index is 1230. The van der Waals surface area contributed by atoms with Crippen molar-refractivity contribution >= 4 is 28.4 Å². The summed E-state index contributed by atoms with van der Waals surface area (Å²) < 4.78 is 8.72. The van der Waals surface area contributed by atoms with Crippen LogP contribution in [0.2, 0.25) is 5.02 Å². The minimum atomic E-state index is -0.703. The number of nitrogens with zero attached hydrogens (tertiary/aromatic N) is 3. The molecule has 1 aliphatic rings. The first-order valence-corrected chi connectivity index (χ1v) is 13.0. The molecule has 0 N–H and O–H groups in total. The van der Waals surface area contributed by atoms with Gasteiger partial charge in [0.05, 0.1) is 5.60 Å². The van der Waals surface area contributed by atoms with Crippen LogP contribution in [0.15, 0.2) is 24.3 Å². The molecule has 3 heterocycles. The van der Waals surface area contributed by atoms with Gasteiger partial charge in [-0.3, -0.25) is 4.79 Å². The van der Waals surface area contributed by atoms with Crippen molar-refractivity contribution in [3.05, 3.63) is 51.8 Å². The maximum absolute atomic E-state index is 13.0. The molecule has 0 amide bonds. The number of aromatic nitrogens is 2. The number of halogens is 1. The number of ether oxygens (including phenoxy) is 1. The van der Waals surface area contributed by atoms with Crippen molar-refractivity contribution in [1.29, 1.82) is 0 Å². The Morgan fingerprint density at radius 3 is 2.29 bits per heavy atom. The van der Waals surface area contributed by atoms with E-state index in [0.717, 1.165) is 46.5 Å². The third-order valence-corrected chi connectivity index (χ3v) is 7.31. The van der Waals surface area contributed by atoms with E-state index < -0.39 is 11.7 Å². The van der Waals surface area contributed by atoms with E-state index in [9.17, 15) is 4.79 Å². The van der Waals surface area contributed by atoms with Gasteiger partial charge in [0.25, 0.3) is 0 Å². The third-order valence-electron chi connectivity index (χ3n) is 7.06. The molecule has 35 heavy (non-hydrogen) atoms. The molecule has 0 saturated carbocycles. The molecule has 0 bridgehead atoms. The zero-order valence-electron chi connectivity index (χ0n) is 22.2. The molecule has 1 atom stereocenters. The summed E-state index contributed by atoms with van der Waals surface area (Å²) in [5.74, 6) is -0.0257. The molecule has 188 valence electrons. The van der Waals surface area contributed by atoms with E-state index in [0.29, 0.717) is 5.02 Å². The Morgan fingerprint density at radius 2 is 1.71 bits per heavy atom. The predicted octanol–water partition coefficient (Wildman–Crippen LogP) is 6.82. The number of carbonyl (C=O) groups is 1. The molecule has 6 heteroatoms. The molecule has 0 spiro atoms. The summed E-state index contributed by atoms with van der Waals surface area (Å²) in [6.07, 6.45) is 1.86. The first kappa shape index (κ1) is 25.9. The largest absolute Gasteiger partial charge is 0.360 e. The molecule has 4 rings (SSSR count). The summed E-state index contributed by atoms with van der Waals surface area (Å²) in [7, 11) is 0. The van der Waals surface area contributed by atoms with Gasteiger partial charge in [-0.05, 0) is 97.7 Å². The van der Waals surface area contributed by atoms with Crippen LogP contribution < -0.4 is 0 Å². The monoisotopic (exact) mass is 495 g/mol. The Labute approximate surface area is 214 Å². The lowest BCUT2D eigenvalue weighted by atomic mass is 9.90. The number of rotatable bonds is 7. The minimum Gasteiger partial charge on any atom is -0.360 e. The molecule has 5 nitrogen and oxygen atoms in total. The minimum absolute atomic E-state index is 0.0257. The fraction of sp³-hybridized carbons (Fsp3) is 0.517. The first-order valence-electron chi connectivity index (χ1n) is 12.6. The topological polar surface area (TPSA) is 47.4 Å². The highest BCUT2D eigenvalue weighted by Gasteiger charge is 2.32. The lowest BCUT2D eigenvalue weighted by Crippen LogP contribution is -2.27. The van der Waals surface area contributed by atoms with Crippen LogP contribution in [0.4, 0.5) is 0 Å². The summed E-state index contributed by atoms with van der Waals surface area (Å²) >= 11 is 6.25. The average molecular weight is 496 g/mol. The van der Waals surface area contributed by atoms with Gasteiger partial charge in [0, 0.05) is 46.0 Å². The zero-order valence-corrected chi connectivity index (χ0v) is 22.9. The van der Waals surface area contributed by atoms with Crippen molar-refractivity contribution in [1.82, 2.24) is 14.5 Å². The second-order valence-corrected chi connectivity index (χ2v) is 11.3. The van der Waals surface area contributed by atoms with E-state index in [-0.39, 0.29) is 5.78 Å². The summed E-state index contributed by atoms with van der Waals surface area (Å²) in [6.45, 7) is 18.2. The average Bonchev–Trinajstić information content (AvgIpc) is 3.37. The molecule has 0 unspecified atom stereocenters. The fourth-order valence-corrected chi connectivity index (χ4v) is 5.38. The Kier molecular flexibility index (Phi) is 7.42. The van der Waals surface area contributed by atoms with Gasteiger partial charge in [0.1, 0.15) is 11.8 Å². The van der Waals surface area contributed by atoms with Crippen LogP contribution in [0.1, 0.15) is 69.2 Å². The molecule has 1 aromatic carbocycles. The van der Waals surface area contributed by atoms with Crippen LogP contribution in [0.25, 0.3) is 22.2 Å². The van der Waals surface area contributed by atoms with Crippen LogP contribution in [-0.2, 0) is 16.1 Å². The lowest BCUT2D eigenvalue weighted by molar-refractivity contribution is -0.138. The quantitative estimate of drug-likeness (QED) is 0.360. The Morgan fingerprint density at radius 1 is 1.09 bits per heavy atom. The molecule has 1 aliphatic heterocycles. The predicted molar refractivity (Wildman–Crippen MR) is 144 cm³/mol. The number of benzene rings is 1. The van der Waals surface area contributed by atoms with E-state index >= 15 is 0 Å². The number of Topliss-reactive ketones (excluding diaryl/α,β-unsaturated/α-hetero) is 1. The molecular weight excluding hydrogens is 458 g/mol. The highest BCUT2D eigenvalue weighted by Crippen LogP contribution is 2.42. The Balaban J connectivity index is 1.98. The van der Waals surface area contributed by atoms with Gasteiger partial charge >= 0.3 is 0 Å². The van der Waals surface area contributed by atoms with Crippen LogP contribution in [0, 0.1) is 20.8 Å². The smallest absolute Gasteiger partial charge is 0.163 e. The number of pyridine rings is 1. The molecule has 3 aromatic rings. The van der Waals surface area contributed by atoms with E-state index in [1.54, 1.807) is 6.92 Å². The van der Waals surface area contributed by atoms with E-state index in [1.807, 2.05) is 52.0 Å². The first-order chi connectivity index (χ1) is 16.5. The highest BCUT2D eigenvalue weighted by atomic mass is 35.5. The van der Waals surface area contributed by atoms with Crippen molar-refractivity contribution in [2.75, 3.05) is 19.6 Å². The molecule has 1 saturated heterocycles. The molecule has 1 fully saturated rings. The highest BCUT2D eigenvalue weighted by molar-refractivity contribution is 6.30. The van der Waals surface area contributed by atoms with Gasteiger partial charge in [-0.2, -0.15) is 0 Å². The van der Waals surface area contributed by atoms with Crippen LogP contribution >= 0.6 is 11.6 Å². The van der Waals surface area contributed by atoms with Gasteiger partial charge in [0.2, 0.25) is 0 Å². The van der Waals surface area contributed by atoms with Crippen molar-refractivity contribution in [3.8, 4) is 11.1 Å². The number of hydrogen-bond acceptors (Lipinski definition) is 4. The van der Waals surface area contributed by atoms with E-state index in [2.05, 4.69) is 23.3 Å². The van der Waals surface area contributed by atoms with E-state index in [1.165, 1.54) is 37.2 Å². The van der Waals surface area contributed by atoms with Gasteiger partial charge in [-0.1, -0.05) is 23.7 Å². The lowest BCUT2D eigenvalue weighted by Gasteiger charge is -2.29. The number of hydrogen-bond donors (Lipinski definition) is 0. The molecule has 0 radical (unpaired) electrons. The van der Waals surface area contributed by atoms with Crippen molar-refractivity contribution < 1.29 is 9.53 Å². The maximum Gasteiger partial charge on any atom is 0.163 e. The second-order valence-electron chi connectivity index (χ2n) is 10.8. The van der Waals surface area contributed by atoms with E-state index in [4.69, 9.17) is 21.3 Å².